The molecule has 1 aromatic heterocycles. The largest absolute Gasteiger partial charge is 0.337 e. The van der Waals surface area contributed by atoms with Gasteiger partial charge in [0, 0.05) is 24.3 Å². The zero-order chi connectivity index (χ0) is 8.97. The van der Waals surface area contributed by atoms with Gasteiger partial charge in [0.15, 0.2) is 0 Å². The summed E-state index contributed by atoms with van der Waals surface area (Å²) in [6, 6.07) is 0. The van der Waals surface area contributed by atoms with E-state index in [1.807, 2.05) is 18.7 Å². The number of halogens is 1. The molecule has 1 heterocycles. The van der Waals surface area contributed by atoms with Crippen molar-refractivity contribution in [2.24, 2.45) is 11.8 Å². The maximum absolute atomic E-state index is 4.02. The maximum atomic E-state index is 4.02. The minimum Gasteiger partial charge on any atom is -0.337 e. The zero-order valence-corrected chi connectivity index (χ0v) is 9.16. The van der Waals surface area contributed by atoms with E-state index in [0.29, 0.717) is 11.8 Å². The molecule has 1 atom stereocenters. The van der Waals surface area contributed by atoms with Crippen molar-refractivity contribution in [1.29, 1.82) is 0 Å². The average Bonchev–Trinajstić information content (AvgIpc) is 2.51. The standard InChI is InChI=1S/C9H15BrN2/c1-8(2)9(5-10)6-12-4-3-11-7-12/h3-4,7-9H,5-6H2,1-2H3. The molecule has 0 fully saturated rings. The second-order valence-corrected chi connectivity index (χ2v) is 4.07. The summed E-state index contributed by atoms with van der Waals surface area (Å²) in [5.41, 5.74) is 0. The molecule has 1 aromatic rings. The Hall–Kier alpha value is -0.310. The number of alkyl halides is 1. The van der Waals surface area contributed by atoms with E-state index in [9.17, 15) is 0 Å². The number of imidazole rings is 1. The fraction of sp³-hybridized carbons (Fsp3) is 0.667. The highest BCUT2D eigenvalue weighted by Crippen LogP contribution is 2.15. The minimum absolute atomic E-state index is 0.694. The van der Waals surface area contributed by atoms with Crippen LogP contribution in [0, 0.1) is 11.8 Å². The van der Waals surface area contributed by atoms with Crippen LogP contribution in [0.4, 0.5) is 0 Å². The summed E-state index contributed by atoms with van der Waals surface area (Å²) in [4.78, 5) is 4.02. The minimum atomic E-state index is 0.694. The van der Waals surface area contributed by atoms with Crippen molar-refractivity contribution < 1.29 is 0 Å². The van der Waals surface area contributed by atoms with Gasteiger partial charge in [0.25, 0.3) is 0 Å². The van der Waals surface area contributed by atoms with Gasteiger partial charge in [-0.1, -0.05) is 29.8 Å². The van der Waals surface area contributed by atoms with E-state index in [-0.39, 0.29) is 0 Å². The fourth-order valence-corrected chi connectivity index (χ4v) is 2.06. The van der Waals surface area contributed by atoms with E-state index >= 15 is 0 Å². The van der Waals surface area contributed by atoms with Crippen molar-refractivity contribution in [3.8, 4) is 0 Å². The van der Waals surface area contributed by atoms with Gasteiger partial charge in [-0.2, -0.15) is 0 Å². The molecule has 0 aromatic carbocycles. The molecule has 1 unspecified atom stereocenters. The topological polar surface area (TPSA) is 17.8 Å². The molecule has 3 heteroatoms. The number of rotatable bonds is 4. The predicted molar refractivity (Wildman–Crippen MR) is 54.3 cm³/mol. The Kier molecular flexibility index (Phi) is 3.79. The summed E-state index contributed by atoms with van der Waals surface area (Å²) in [5, 5.41) is 1.06. The second kappa shape index (κ2) is 4.65. The molecule has 0 saturated heterocycles. The molecule has 0 N–H and O–H groups in total. The highest BCUT2D eigenvalue weighted by atomic mass is 79.9. The Morgan fingerprint density at radius 1 is 1.50 bits per heavy atom. The van der Waals surface area contributed by atoms with Crippen molar-refractivity contribution in [3.05, 3.63) is 18.7 Å². The number of aromatic nitrogens is 2. The number of hydrogen-bond acceptors (Lipinski definition) is 1. The van der Waals surface area contributed by atoms with Crippen molar-refractivity contribution in [1.82, 2.24) is 9.55 Å². The van der Waals surface area contributed by atoms with Crippen LogP contribution in [0.1, 0.15) is 13.8 Å². The Balaban J connectivity index is 2.48. The van der Waals surface area contributed by atoms with Crippen LogP contribution < -0.4 is 0 Å². The van der Waals surface area contributed by atoms with Crippen molar-refractivity contribution in [2.45, 2.75) is 20.4 Å². The lowest BCUT2D eigenvalue weighted by Crippen LogP contribution is -2.16. The van der Waals surface area contributed by atoms with E-state index in [0.717, 1.165) is 11.9 Å². The number of hydrogen-bond donors (Lipinski definition) is 0. The Morgan fingerprint density at radius 3 is 2.67 bits per heavy atom. The van der Waals surface area contributed by atoms with Gasteiger partial charge in [0.1, 0.15) is 0 Å². The van der Waals surface area contributed by atoms with Crippen LogP contribution in [-0.4, -0.2) is 14.9 Å². The molecule has 0 radical (unpaired) electrons. The van der Waals surface area contributed by atoms with Gasteiger partial charge < -0.3 is 4.57 Å². The molecule has 0 aliphatic heterocycles. The summed E-state index contributed by atoms with van der Waals surface area (Å²) < 4.78 is 2.13. The number of nitrogens with zero attached hydrogens (tertiary/aromatic N) is 2. The van der Waals surface area contributed by atoms with E-state index in [1.165, 1.54) is 0 Å². The van der Waals surface area contributed by atoms with Crippen LogP contribution in [0.2, 0.25) is 0 Å². The van der Waals surface area contributed by atoms with Gasteiger partial charge >= 0.3 is 0 Å². The molecule has 0 aliphatic carbocycles. The quantitative estimate of drug-likeness (QED) is 0.728. The average molecular weight is 231 g/mol. The Labute approximate surface area is 82.1 Å². The lowest BCUT2D eigenvalue weighted by atomic mass is 9.98. The maximum Gasteiger partial charge on any atom is 0.0946 e. The molecule has 0 saturated carbocycles. The predicted octanol–water partition coefficient (Wildman–Crippen LogP) is 2.55. The highest BCUT2D eigenvalue weighted by Gasteiger charge is 2.11. The molecule has 68 valence electrons. The normalized spacial score (nSPS) is 13.7. The first-order valence-electron chi connectivity index (χ1n) is 4.25. The molecular weight excluding hydrogens is 216 g/mol. The van der Waals surface area contributed by atoms with Crippen molar-refractivity contribution in [2.75, 3.05) is 5.33 Å². The van der Waals surface area contributed by atoms with Crippen LogP contribution in [0.3, 0.4) is 0 Å². The van der Waals surface area contributed by atoms with E-state index in [2.05, 4.69) is 39.3 Å². The van der Waals surface area contributed by atoms with Gasteiger partial charge in [-0.05, 0) is 11.8 Å². The molecule has 2 nitrogen and oxygen atoms in total. The third-order valence-corrected chi connectivity index (χ3v) is 2.98. The van der Waals surface area contributed by atoms with E-state index < -0.39 is 0 Å². The zero-order valence-electron chi connectivity index (χ0n) is 7.57. The summed E-state index contributed by atoms with van der Waals surface area (Å²) in [7, 11) is 0. The summed E-state index contributed by atoms with van der Waals surface area (Å²) >= 11 is 3.53. The lowest BCUT2D eigenvalue weighted by Gasteiger charge is -2.18. The van der Waals surface area contributed by atoms with E-state index in [1.54, 1.807) is 0 Å². The molecule has 0 spiro atoms. The van der Waals surface area contributed by atoms with Crippen LogP contribution in [0.15, 0.2) is 18.7 Å². The third-order valence-electron chi connectivity index (χ3n) is 2.15. The first-order valence-corrected chi connectivity index (χ1v) is 5.38. The molecule has 0 amide bonds. The molecule has 1 rings (SSSR count). The van der Waals surface area contributed by atoms with Gasteiger partial charge in [-0.3, -0.25) is 0 Å². The van der Waals surface area contributed by atoms with E-state index in [4.69, 9.17) is 0 Å². The Bertz CT molecular complexity index is 206. The first kappa shape index (κ1) is 9.78. The fourth-order valence-electron chi connectivity index (χ4n) is 1.10. The smallest absolute Gasteiger partial charge is 0.0946 e. The Morgan fingerprint density at radius 2 is 2.25 bits per heavy atom. The van der Waals surface area contributed by atoms with Gasteiger partial charge in [0.2, 0.25) is 0 Å². The van der Waals surface area contributed by atoms with Crippen LogP contribution >= 0.6 is 15.9 Å². The van der Waals surface area contributed by atoms with Gasteiger partial charge in [0.05, 0.1) is 6.33 Å². The van der Waals surface area contributed by atoms with Crippen molar-refractivity contribution >= 4 is 15.9 Å². The van der Waals surface area contributed by atoms with Gasteiger partial charge in [-0.15, -0.1) is 0 Å². The first-order chi connectivity index (χ1) is 5.74. The summed E-state index contributed by atoms with van der Waals surface area (Å²) in [6.07, 6.45) is 5.71. The third kappa shape index (κ3) is 2.63. The summed E-state index contributed by atoms with van der Waals surface area (Å²) in [6.45, 7) is 5.56. The van der Waals surface area contributed by atoms with Crippen LogP contribution in [0.25, 0.3) is 0 Å². The second-order valence-electron chi connectivity index (χ2n) is 3.42. The highest BCUT2D eigenvalue weighted by molar-refractivity contribution is 9.09. The van der Waals surface area contributed by atoms with Crippen molar-refractivity contribution in [3.63, 3.8) is 0 Å². The molecule has 0 aliphatic rings. The van der Waals surface area contributed by atoms with Gasteiger partial charge in [-0.25, -0.2) is 4.98 Å². The van der Waals surface area contributed by atoms with Crippen LogP contribution in [-0.2, 0) is 6.54 Å². The van der Waals surface area contributed by atoms with Crippen LogP contribution in [0.5, 0.6) is 0 Å². The summed E-state index contributed by atoms with van der Waals surface area (Å²) in [5.74, 6) is 1.41. The SMILES string of the molecule is CC(C)C(CBr)Cn1ccnc1. The lowest BCUT2D eigenvalue weighted by molar-refractivity contribution is 0.373. The monoisotopic (exact) mass is 230 g/mol. The molecule has 0 bridgehead atoms. The molecular formula is C9H15BrN2. The molecule has 12 heavy (non-hydrogen) atoms.